The van der Waals surface area contributed by atoms with Gasteiger partial charge in [-0.15, -0.1) is 0 Å². The normalized spacial score (nSPS) is 12.1. The first-order chi connectivity index (χ1) is 22.3. The van der Waals surface area contributed by atoms with Crippen molar-refractivity contribution >= 4 is 19.6 Å². The van der Waals surface area contributed by atoms with E-state index >= 15 is 0 Å². The molecule has 0 aromatic heterocycles. The van der Waals surface area contributed by atoms with E-state index in [2.05, 4.69) is 42.7 Å². The summed E-state index contributed by atoms with van der Waals surface area (Å²) in [4.78, 5) is 44.9. The van der Waals surface area contributed by atoms with Crippen LogP contribution in [-0.2, 0) is 18.7 Å². The predicted octanol–water partition coefficient (Wildman–Crippen LogP) is 11.5. The maximum absolute atomic E-state index is 12.9. The average Bonchev–Trinajstić information content (AvgIpc) is 3.02. The van der Waals surface area contributed by atoms with Crippen molar-refractivity contribution < 1.29 is 28.5 Å². The molecule has 0 aromatic carbocycles. The van der Waals surface area contributed by atoms with E-state index in [9.17, 15) is 14.2 Å². The third-order valence-electron chi connectivity index (χ3n) is 8.48. The van der Waals surface area contributed by atoms with Crippen molar-refractivity contribution in [3.63, 3.8) is 0 Å². The molecule has 2 amide bonds. The Bertz CT molecular complexity index is 757. The van der Waals surface area contributed by atoms with Gasteiger partial charge in [-0.3, -0.25) is 19.0 Å². The molecule has 7 nitrogen and oxygen atoms in total. The monoisotopic (exact) mass is 670 g/mol. The Morgan fingerprint density at radius 2 is 0.826 bits per heavy atom. The first kappa shape index (κ1) is 44.7. The summed E-state index contributed by atoms with van der Waals surface area (Å²) in [6.45, 7) is 4.01. The van der Waals surface area contributed by atoms with E-state index in [-0.39, 0.29) is 37.8 Å². The molecule has 0 spiro atoms. The van der Waals surface area contributed by atoms with Gasteiger partial charge in [0.05, 0.1) is 13.2 Å². The summed E-state index contributed by atoms with van der Waals surface area (Å²) in [6, 6.07) is 0. The van der Waals surface area contributed by atoms with Crippen LogP contribution in [0.1, 0.15) is 194 Å². The van der Waals surface area contributed by atoms with Crippen LogP contribution in [0.2, 0.25) is 0 Å². The van der Waals surface area contributed by atoms with Gasteiger partial charge in [-0.05, 0) is 64.2 Å². The molecule has 46 heavy (non-hydrogen) atoms. The molecule has 0 aliphatic heterocycles. The molecule has 2 N–H and O–H groups in total. The van der Waals surface area contributed by atoms with Crippen molar-refractivity contribution in [2.45, 2.75) is 194 Å². The third-order valence-corrected chi connectivity index (χ3v) is 9.00. The van der Waals surface area contributed by atoms with E-state index in [0.717, 1.165) is 69.1 Å². The highest BCUT2D eigenvalue weighted by atomic mass is 31.2. The zero-order valence-corrected chi connectivity index (χ0v) is 30.8. The number of nitrogens with zero attached hydrogens (tertiary/aromatic N) is 1. The number of amides is 2. The number of phosphoric acid groups is 1. The minimum absolute atomic E-state index is 0.126. The van der Waals surface area contributed by atoms with Crippen molar-refractivity contribution in [3.8, 4) is 0 Å². The number of carbonyl (C=O) groups excluding carboxylic acids is 2. The fraction of sp³-hybridized carbons (Fsp3) is 0.842. The molecule has 0 fully saturated rings. The maximum Gasteiger partial charge on any atom is 0.469 e. The first-order valence-electron chi connectivity index (χ1n) is 19.1. The molecule has 0 saturated carbocycles. The van der Waals surface area contributed by atoms with Gasteiger partial charge in [-0.1, -0.05) is 141 Å². The van der Waals surface area contributed by atoms with Gasteiger partial charge in [0.2, 0.25) is 11.8 Å². The summed E-state index contributed by atoms with van der Waals surface area (Å²) in [6.07, 6.45) is 40.3. The lowest BCUT2D eigenvalue weighted by atomic mass is 10.1. The molecular weight excluding hydrogens is 597 g/mol. The number of rotatable bonds is 34. The number of hydrogen-bond donors (Lipinski definition) is 2. The van der Waals surface area contributed by atoms with Crippen molar-refractivity contribution in [1.29, 1.82) is 0 Å². The van der Waals surface area contributed by atoms with E-state index in [1.807, 2.05) is 0 Å². The van der Waals surface area contributed by atoms with Crippen LogP contribution < -0.4 is 0 Å². The Balaban J connectivity index is 4.10. The maximum atomic E-state index is 12.9. The number of unbranched alkanes of at least 4 members (excludes halogenated alkanes) is 22. The SMILES string of the molecule is CCCCCCCC/C=C\CCCCCCCC(=O)N(CCOP(=O)(O)O)C(=O)CCCCCCC/C=C\CCCCCCCC. The fourth-order valence-electron chi connectivity index (χ4n) is 5.60. The molecule has 0 rings (SSSR count). The Hall–Kier alpha value is -1.27. The van der Waals surface area contributed by atoms with Gasteiger partial charge in [0.15, 0.2) is 0 Å². The van der Waals surface area contributed by atoms with Gasteiger partial charge in [0.25, 0.3) is 0 Å². The summed E-state index contributed by atoms with van der Waals surface area (Å²) < 4.78 is 15.6. The van der Waals surface area contributed by atoms with Crippen LogP contribution in [0, 0.1) is 0 Å². The standard InChI is InChI=1S/C38H72NO6P/c1-3-5-7-9-11-13-15-17-19-21-23-25-27-29-31-33-37(40)39(35-36-45-46(42,43)44)38(41)34-32-30-28-26-24-22-20-18-16-14-12-10-8-6-4-2/h17-20H,3-16,21-36H2,1-2H3,(H2,42,43,44)/b19-17-,20-18-. The summed E-state index contributed by atoms with van der Waals surface area (Å²) in [5.74, 6) is -0.547. The van der Waals surface area contributed by atoms with E-state index in [4.69, 9.17) is 9.79 Å². The van der Waals surface area contributed by atoms with Crippen LogP contribution >= 0.6 is 7.82 Å². The van der Waals surface area contributed by atoms with Gasteiger partial charge in [0, 0.05) is 12.8 Å². The van der Waals surface area contributed by atoms with E-state index in [1.165, 1.54) is 89.9 Å². The fourth-order valence-corrected chi connectivity index (χ4v) is 5.92. The van der Waals surface area contributed by atoms with Gasteiger partial charge in [0.1, 0.15) is 0 Å². The van der Waals surface area contributed by atoms with E-state index in [1.54, 1.807) is 0 Å². The Labute approximate surface area is 283 Å². The first-order valence-corrected chi connectivity index (χ1v) is 20.7. The number of hydrogen-bond acceptors (Lipinski definition) is 4. The van der Waals surface area contributed by atoms with Crippen molar-refractivity contribution in [2.24, 2.45) is 0 Å². The minimum atomic E-state index is -4.65. The second-order valence-corrected chi connectivity index (χ2v) is 14.2. The molecule has 0 unspecified atom stereocenters. The van der Waals surface area contributed by atoms with Gasteiger partial charge in [-0.2, -0.15) is 0 Å². The van der Waals surface area contributed by atoms with E-state index in [0.29, 0.717) is 12.8 Å². The third kappa shape index (κ3) is 32.7. The topological polar surface area (TPSA) is 104 Å². The molecule has 0 aromatic rings. The summed E-state index contributed by atoms with van der Waals surface area (Å²) in [5.41, 5.74) is 0. The second kappa shape index (κ2) is 33.6. The van der Waals surface area contributed by atoms with E-state index < -0.39 is 7.82 Å². The number of phosphoric ester groups is 1. The molecule has 0 saturated heterocycles. The van der Waals surface area contributed by atoms with Crippen LogP contribution in [0.5, 0.6) is 0 Å². The van der Waals surface area contributed by atoms with Gasteiger partial charge in [-0.25, -0.2) is 4.57 Å². The zero-order chi connectivity index (χ0) is 34.0. The molecule has 0 atom stereocenters. The van der Waals surface area contributed by atoms with Crippen molar-refractivity contribution in [2.75, 3.05) is 13.2 Å². The second-order valence-electron chi connectivity index (χ2n) is 12.9. The minimum Gasteiger partial charge on any atom is -0.303 e. The number of allylic oxidation sites excluding steroid dienone is 4. The number of imide groups is 1. The molecule has 0 radical (unpaired) electrons. The van der Waals surface area contributed by atoms with Crippen LogP contribution in [0.4, 0.5) is 0 Å². The summed E-state index contributed by atoms with van der Waals surface area (Å²) in [7, 11) is -4.65. The highest BCUT2D eigenvalue weighted by Crippen LogP contribution is 2.35. The molecule has 0 bridgehead atoms. The van der Waals surface area contributed by atoms with Crippen molar-refractivity contribution in [1.82, 2.24) is 4.90 Å². The molecule has 8 heteroatoms. The molecule has 0 aliphatic carbocycles. The van der Waals surface area contributed by atoms with Gasteiger partial charge < -0.3 is 9.79 Å². The predicted molar refractivity (Wildman–Crippen MR) is 194 cm³/mol. The zero-order valence-electron chi connectivity index (χ0n) is 29.9. The highest BCUT2D eigenvalue weighted by molar-refractivity contribution is 7.46. The molecular formula is C38H72NO6P. The lowest BCUT2D eigenvalue weighted by molar-refractivity contribution is -0.145. The molecule has 0 heterocycles. The lowest BCUT2D eigenvalue weighted by Gasteiger charge is -2.21. The quantitative estimate of drug-likeness (QED) is 0.0401. The molecule has 270 valence electrons. The Kier molecular flexibility index (Phi) is 32.7. The number of carbonyl (C=O) groups is 2. The summed E-state index contributed by atoms with van der Waals surface area (Å²) >= 11 is 0. The van der Waals surface area contributed by atoms with Crippen molar-refractivity contribution in [3.05, 3.63) is 24.3 Å². The summed E-state index contributed by atoms with van der Waals surface area (Å²) in [5, 5.41) is 0. The Morgan fingerprint density at radius 1 is 0.522 bits per heavy atom. The average molecular weight is 670 g/mol. The van der Waals surface area contributed by atoms with Crippen LogP contribution in [0.25, 0.3) is 0 Å². The van der Waals surface area contributed by atoms with Crippen LogP contribution in [0.15, 0.2) is 24.3 Å². The molecule has 0 aliphatic rings. The van der Waals surface area contributed by atoms with Crippen LogP contribution in [0.3, 0.4) is 0 Å². The van der Waals surface area contributed by atoms with Crippen LogP contribution in [-0.4, -0.2) is 39.7 Å². The largest absolute Gasteiger partial charge is 0.469 e. The highest BCUT2D eigenvalue weighted by Gasteiger charge is 2.22. The Morgan fingerprint density at radius 3 is 1.15 bits per heavy atom. The lowest BCUT2D eigenvalue weighted by Crippen LogP contribution is -2.39. The smallest absolute Gasteiger partial charge is 0.303 e. The van der Waals surface area contributed by atoms with Gasteiger partial charge >= 0.3 is 7.82 Å².